The van der Waals surface area contributed by atoms with Gasteiger partial charge in [0.15, 0.2) is 5.69 Å². The molecule has 7 nitrogen and oxygen atoms in total. The molecule has 1 amide bonds. The van der Waals surface area contributed by atoms with E-state index in [0.717, 1.165) is 36.1 Å². The number of nitrogens with one attached hydrogen (secondary N) is 1. The highest BCUT2D eigenvalue weighted by atomic mass is 35.5. The second kappa shape index (κ2) is 13.0. The highest BCUT2D eigenvalue weighted by Gasteiger charge is 2.42. The molecular formula is C29H35Cl3N4O3. The summed E-state index contributed by atoms with van der Waals surface area (Å²) in [6, 6.07) is 15.0. The van der Waals surface area contributed by atoms with E-state index < -0.39 is 5.60 Å². The normalized spacial score (nSPS) is 23.3. The van der Waals surface area contributed by atoms with Gasteiger partial charge >= 0.3 is 0 Å². The predicted molar refractivity (Wildman–Crippen MR) is 157 cm³/mol. The lowest BCUT2D eigenvalue weighted by atomic mass is 9.80. The van der Waals surface area contributed by atoms with Crippen LogP contribution in [-0.4, -0.2) is 70.5 Å². The summed E-state index contributed by atoms with van der Waals surface area (Å²) in [5.41, 5.74) is 1.95. The van der Waals surface area contributed by atoms with E-state index in [2.05, 4.69) is 5.32 Å². The van der Waals surface area contributed by atoms with E-state index in [9.17, 15) is 9.90 Å². The maximum absolute atomic E-state index is 14.2. The number of carbonyl (C=O) groups excluding carboxylic acids is 1. The van der Waals surface area contributed by atoms with Crippen molar-refractivity contribution >= 4 is 41.5 Å². The molecule has 2 N–H and O–H groups in total. The van der Waals surface area contributed by atoms with Crippen molar-refractivity contribution in [2.75, 3.05) is 33.4 Å². The first-order chi connectivity index (χ1) is 18.4. The van der Waals surface area contributed by atoms with Crippen LogP contribution in [0.3, 0.4) is 0 Å². The zero-order valence-electron chi connectivity index (χ0n) is 22.0. The van der Waals surface area contributed by atoms with Gasteiger partial charge in [0.05, 0.1) is 24.7 Å². The van der Waals surface area contributed by atoms with Gasteiger partial charge in [-0.15, -0.1) is 12.4 Å². The quantitative estimate of drug-likeness (QED) is 0.382. The van der Waals surface area contributed by atoms with E-state index in [1.54, 1.807) is 19.5 Å². The van der Waals surface area contributed by atoms with Gasteiger partial charge < -0.3 is 24.6 Å². The van der Waals surface area contributed by atoms with Crippen molar-refractivity contribution in [2.24, 2.45) is 0 Å². The lowest BCUT2D eigenvalue weighted by molar-refractivity contribution is -0.0893. The van der Waals surface area contributed by atoms with Gasteiger partial charge in [0, 0.05) is 48.4 Å². The van der Waals surface area contributed by atoms with Crippen LogP contribution in [0.4, 0.5) is 0 Å². The summed E-state index contributed by atoms with van der Waals surface area (Å²) in [5, 5.41) is 16.2. The Hall–Kier alpha value is -2.13. The highest BCUT2D eigenvalue weighted by Crippen LogP contribution is 2.41. The first kappa shape index (κ1) is 29.8. The smallest absolute Gasteiger partial charge is 0.275 e. The van der Waals surface area contributed by atoms with E-state index in [4.69, 9.17) is 32.9 Å². The molecule has 5 rings (SSSR count). The van der Waals surface area contributed by atoms with Crippen LogP contribution in [0, 0.1) is 0 Å². The Balaban J connectivity index is 0.00000353. The first-order valence-corrected chi connectivity index (χ1v) is 14.0. The van der Waals surface area contributed by atoms with E-state index in [1.165, 1.54) is 0 Å². The highest BCUT2D eigenvalue weighted by molar-refractivity contribution is 6.35. The van der Waals surface area contributed by atoms with Gasteiger partial charge in [0.25, 0.3) is 5.91 Å². The lowest BCUT2D eigenvalue weighted by Crippen LogP contribution is -2.54. The van der Waals surface area contributed by atoms with Gasteiger partial charge in [-0.05, 0) is 37.0 Å². The molecule has 0 spiro atoms. The zero-order chi connectivity index (χ0) is 26.7. The summed E-state index contributed by atoms with van der Waals surface area (Å²) >= 11 is 12.6. The Kier molecular flexibility index (Phi) is 9.97. The van der Waals surface area contributed by atoms with Crippen LogP contribution in [0.5, 0.6) is 0 Å². The number of benzene rings is 2. The summed E-state index contributed by atoms with van der Waals surface area (Å²) < 4.78 is 7.44. The predicted octanol–water partition coefficient (Wildman–Crippen LogP) is 5.43. The average molecular weight is 594 g/mol. The summed E-state index contributed by atoms with van der Waals surface area (Å²) in [6.07, 6.45) is 5.69. The van der Waals surface area contributed by atoms with Gasteiger partial charge in [-0.3, -0.25) is 4.79 Å². The number of amides is 1. The Labute approximate surface area is 245 Å². The summed E-state index contributed by atoms with van der Waals surface area (Å²) in [5.74, 6) is -0.120. The molecule has 0 unspecified atom stereocenters. The number of methoxy groups -OCH3 is 1. The maximum atomic E-state index is 14.2. The SMILES string of the molecule is COC[C@]1(O)CCCC[C@H]1n1cnc(C(=O)N2CCNC[C@H]2Cc2ccc(Cl)cc2Cl)c1-c1ccccc1.Cl. The number of aromatic nitrogens is 2. The number of halogens is 3. The van der Waals surface area contributed by atoms with Gasteiger partial charge in [-0.25, -0.2) is 4.98 Å². The Morgan fingerprint density at radius 1 is 1.21 bits per heavy atom. The molecule has 2 aliphatic rings. The Morgan fingerprint density at radius 3 is 2.74 bits per heavy atom. The number of hydrogen-bond acceptors (Lipinski definition) is 5. The molecule has 210 valence electrons. The van der Waals surface area contributed by atoms with Crippen LogP contribution < -0.4 is 5.32 Å². The molecule has 2 aromatic carbocycles. The maximum Gasteiger partial charge on any atom is 0.275 e. The van der Waals surface area contributed by atoms with Crippen LogP contribution in [0.25, 0.3) is 11.3 Å². The number of nitrogens with zero attached hydrogens (tertiary/aromatic N) is 3. The van der Waals surface area contributed by atoms with Crippen LogP contribution >= 0.6 is 35.6 Å². The monoisotopic (exact) mass is 592 g/mol. The number of imidazole rings is 1. The summed E-state index contributed by atoms with van der Waals surface area (Å²) in [4.78, 5) is 20.8. The standard InChI is InChI=1S/C29H34Cl2N4O3.ClH/c1-38-18-29(37)12-6-5-9-25(29)35-19-33-26(27(35)20-7-3-2-4-8-20)28(36)34-14-13-32-17-23(34)15-21-10-11-22(30)16-24(21)31;/h2-4,7-8,10-11,16,19,23,25,32,37H,5-6,9,12-15,17-18H2,1H3;1H/t23-,25-,29-;/m1./s1. The fourth-order valence-corrected chi connectivity index (χ4v) is 6.43. The topological polar surface area (TPSA) is 79.6 Å². The summed E-state index contributed by atoms with van der Waals surface area (Å²) in [7, 11) is 1.61. The van der Waals surface area contributed by atoms with E-state index in [1.807, 2.05) is 51.9 Å². The van der Waals surface area contributed by atoms with Crippen molar-refractivity contribution in [2.45, 2.75) is 49.8 Å². The number of hydrogen-bond donors (Lipinski definition) is 2. The minimum Gasteiger partial charge on any atom is -0.385 e. The number of ether oxygens (including phenoxy) is 1. The molecule has 2 heterocycles. The average Bonchev–Trinajstić information content (AvgIpc) is 3.36. The van der Waals surface area contributed by atoms with E-state index in [-0.39, 0.29) is 37.0 Å². The minimum absolute atomic E-state index is 0. The Bertz CT molecular complexity index is 1270. The second-order valence-electron chi connectivity index (χ2n) is 10.3. The first-order valence-electron chi connectivity index (χ1n) is 13.2. The van der Waals surface area contributed by atoms with Gasteiger partial charge in [0.2, 0.25) is 0 Å². The number of piperazine rings is 1. The van der Waals surface area contributed by atoms with Crippen molar-refractivity contribution < 1.29 is 14.6 Å². The van der Waals surface area contributed by atoms with Crippen molar-refractivity contribution in [1.82, 2.24) is 19.8 Å². The fraction of sp³-hybridized carbons (Fsp3) is 0.448. The third kappa shape index (κ3) is 6.29. The molecule has 2 fully saturated rings. The third-order valence-electron chi connectivity index (χ3n) is 7.81. The van der Waals surface area contributed by atoms with Crippen molar-refractivity contribution in [3.05, 3.63) is 76.2 Å². The third-order valence-corrected chi connectivity index (χ3v) is 8.40. The molecule has 3 aromatic rings. The molecular weight excluding hydrogens is 559 g/mol. The Morgan fingerprint density at radius 2 is 2.00 bits per heavy atom. The molecule has 39 heavy (non-hydrogen) atoms. The molecule has 10 heteroatoms. The van der Waals surface area contributed by atoms with Crippen molar-refractivity contribution in [3.8, 4) is 11.3 Å². The molecule has 1 aliphatic heterocycles. The molecule has 1 aromatic heterocycles. The molecule has 1 saturated carbocycles. The zero-order valence-corrected chi connectivity index (χ0v) is 24.3. The van der Waals surface area contributed by atoms with E-state index in [0.29, 0.717) is 48.2 Å². The molecule has 0 radical (unpaired) electrons. The number of rotatable bonds is 7. The number of aliphatic hydroxyl groups is 1. The van der Waals surface area contributed by atoms with Crippen LogP contribution in [0.1, 0.15) is 47.8 Å². The lowest BCUT2D eigenvalue weighted by Gasteiger charge is -2.41. The van der Waals surface area contributed by atoms with Gasteiger partial charge in [-0.2, -0.15) is 0 Å². The number of carbonyl (C=O) groups is 1. The van der Waals surface area contributed by atoms with Gasteiger partial charge in [-0.1, -0.05) is 72.4 Å². The fourth-order valence-electron chi connectivity index (χ4n) is 5.94. The largest absolute Gasteiger partial charge is 0.385 e. The summed E-state index contributed by atoms with van der Waals surface area (Å²) in [6.45, 7) is 2.15. The molecule has 1 aliphatic carbocycles. The minimum atomic E-state index is -1.03. The van der Waals surface area contributed by atoms with Crippen LogP contribution in [-0.2, 0) is 11.2 Å². The van der Waals surface area contributed by atoms with Gasteiger partial charge in [0.1, 0.15) is 5.60 Å². The van der Waals surface area contributed by atoms with E-state index >= 15 is 0 Å². The van der Waals surface area contributed by atoms with Crippen molar-refractivity contribution in [3.63, 3.8) is 0 Å². The van der Waals surface area contributed by atoms with Crippen LogP contribution in [0.15, 0.2) is 54.9 Å². The molecule has 0 bridgehead atoms. The second-order valence-corrected chi connectivity index (χ2v) is 11.2. The van der Waals surface area contributed by atoms with Crippen molar-refractivity contribution in [1.29, 1.82) is 0 Å². The molecule has 1 saturated heterocycles. The van der Waals surface area contributed by atoms with Crippen LogP contribution in [0.2, 0.25) is 10.0 Å². The molecule has 3 atom stereocenters.